The van der Waals surface area contributed by atoms with E-state index in [4.69, 9.17) is 4.74 Å². The van der Waals surface area contributed by atoms with E-state index in [-0.39, 0.29) is 26.7 Å². The van der Waals surface area contributed by atoms with Crippen molar-refractivity contribution in [1.29, 1.82) is 0 Å². The molecular weight excluding hydrogens is 491 g/mol. The van der Waals surface area contributed by atoms with Crippen molar-refractivity contribution in [3.05, 3.63) is 35.9 Å². The van der Waals surface area contributed by atoms with Gasteiger partial charge >= 0.3 is 0 Å². The molecule has 0 N–H and O–H groups in total. The zero-order valence-electron chi connectivity index (χ0n) is 20.5. The number of carbonyl (C=O) groups is 1. The first-order valence-electron chi connectivity index (χ1n) is 11.7. The molecule has 190 valence electrons. The number of amides is 1. The third-order valence-corrected chi connectivity index (χ3v) is 8.94. The number of rotatable bonds is 6. The number of halogens is 1. The number of ether oxygens (including phenoxy) is 1. The fraction of sp³-hybridized carbons (Fsp3) is 0.542. The predicted molar refractivity (Wildman–Crippen MR) is 135 cm³/mol. The van der Waals surface area contributed by atoms with Crippen molar-refractivity contribution in [2.45, 2.75) is 62.2 Å². The van der Waals surface area contributed by atoms with Crippen LogP contribution in [0.25, 0.3) is 0 Å². The second kappa shape index (κ2) is 9.93. The Hall–Kier alpha value is -2.40. The van der Waals surface area contributed by atoms with Gasteiger partial charge in [0.1, 0.15) is 24.1 Å². The summed E-state index contributed by atoms with van der Waals surface area (Å²) in [5, 5.41) is 0.109. The van der Waals surface area contributed by atoms with Gasteiger partial charge in [0.05, 0.1) is 16.1 Å². The highest BCUT2D eigenvalue weighted by molar-refractivity contribution is 8.14. The van der Waals surface area contributed by atoms with E-state index in [0.717, 1.165) is 24.3 Å². The van der Waals surface area contributed by atoms with Gasteiger partial charge in [-0.1, -0.05) is 32.5 Å². The van der Waals surface area contributed by atoms with Crippen molar-refractivity contribution < 1.29 is 22.3 Å². The standard InChI is InChI=1S/C24H31FN4O4S2/c1-5-24(2,3)34-23(30)28-11-8-16(9-12-28)33-22-18-10-13-29(21(18)26-15-27-22)20-7-6-17(14-19(20)25)35(4,31)32/h6-7,14-16H,5,8-13H2,1-4H3. The number of aromatic nitrogens is 2. The number of sulfone groups is 1. The summed E-state index contributed by atoms with van der Waals surface area (Å²) in [6, 6.07) is 3.91. The maximum atomic E-state index is 14.8. The van der Waals surface area contributed by atoms with Gasteiger partial charge in [0.2, 0.25) is 5.88 Å². The van der Waals surface area contributed by atoms with Crippen LogP contribution < -0.4 is 9.64 Å². The van der Waals surface area contributed by atoms with Crippen LogP contribution in [0.2, 0.25) is 0 Å². The molecule has 1 aromatic heterocycles. The minimum atomic E-state index is -3.50. The fourth-order valence-electron chi connectivity index (χ4n) is 4.13. The summed E-state index contributed by atoms with van der Waals surface area (Å²) < 4.78 is 44.4. The molecule has 1 saturated heterocycles. The van der Waals surface area contributed by atoms with E-state index in [1.54, 1.807) is 4.90 Å². The van der Waals surface area contributed by atoms with Gasteiger partial charge in [-0.2, -0.15) is 0 Å². The Kier molecular flexibility index (Phi) is 7.28. The number of carbonyl (C=O) groups excluding carboxylic acids is 1. The SMILES string of the molecule is CCC(C)(C)SC(=O)N1CCC(Oc2ncnc3c2CCN3c2ccc(S(C)(=O)=O)cc2F)CC1. The van der Waals surface area contributed by atoms with Crippen molar-refractivity contribution in [2.24, 2.45) is 0 Å². The van der Waals surface area contributed by atoms with Crippen LogP contribution in [0.1, 0.15) is 45.6 Å². The highest BCUT2D eigenvalue weighted by Gasteiger charge is 2.32. The number of benzene rings is 1. The average molecular weight is 523 g/mol. The highest BCUT2D eigenvalue weighted by atomic mass is 32.2. The van der Waals surface area contributed by atoms with Crippen LogP contribution in [0.3, 0.4) is 0 Å². The van der Waals surface area contributed by atoms with Crippen molar-refractivity contribution in [3.8, 4) is 5.88 Å². The third kappa shape index (κ3) is 5.72. The largest absolute Gasteiger partial charge is 0.474 e. The quantitative estimate of drug-likeness (QED) is 0.544. The smallest absolute Gasteiger partial charge is 0.282 e. The molecular formula is C24H31FN4O4S2. The molecule has 8 nitrogen and oxygen atoms in total. The topological polar surface area (TPSA) is 92.7 Å². The molecule has 11 heteroatoms. The normalized spacial score (nSPS) is 16.9. The fourth-order valence-corrected chi connectivity index (χ4v) is 5.69. The monoisotopic (exact) mass is 522 g/mol. The van der Waals surface area contributed by atoms with Crippen LogP contribution in [0, 0.1) is 5.82 Å². The lowest BCUT2D eigenvalue weighted by Crippen LogP contribution is -2.41. The molecule has 0 aliphatic carbocycles. The van der Waals surface area contributed by atoms with Crippen molar-refractivity contribution >= 4 is 38.3 Å². The minimum absolute atomic E-state index is 0.0636. The molecule has 1 aromatic carbocycles. The van der Waals surface area contributed by atoms with Gasteiger partial charge in [0.15, 0.2) is 9.84 Å². The zero-order valence-corrected chi connectivity index (χ0v) is 22.1. The Morgan fingerprint density at radius 1 is 1.23 bits per heavy atom. The molecule has 0 saturated carbocycles. The van der Waals surface area contributed by atoms with Gasteiger partial charge < -0.3 is 14.5 Å². The van der Waals surface area contributed by atoms with E-state index in [0.29, 0.717) is 50.6 Å². The Labute approximate surface area is 210 Å². The van der Waals surface area contributed by atoms with E-state index in [9.17, 15) is 17.6 Å². The van der Waals surface area contributed by atoms with Crippen molar-refractivity contribution in [1.82, 2.24) is 14.9 Å². The lowest BCUT2D eigenvalue weighted by Gasteiger charge is -2.33. The summed E-state index contributed by atoms with van der Waals surface area (Å²) in [5.41, 5.74) is 1.07. The number of hydrogen-bond acceptors (Lipinski definition) is 8. The summed E-state index contributed by atoms with van der Waals surface area (Å²) in [7, 11) is -3.50. The van der Waals surface area contributed by atoms with Crippen LogP contribution in [-0.2, 0) is 16.3 Å². The van der Waals surface area contributed by atoms with Crippen molar-refractivity contribution in [3.63, 3.8) is 0 Å². The van der Waals surface area contributed by atoms with E-state index >= 15 is 0 Å². The van der Waals surface area contributed by atoms with Crippen LogP contribution in [0.5, 0.6) is 5.88 Å². The lowest BCUT2D eigenvalue weighted by molar-refractivity contribution is 0.114. The molecule has 1 amide bonds. The lowest BCUT2D eigenvalue weighted by atomic mass is 10.1. The van der Waals surface area contributed by atoms with Crippen LogP contribution in [0.15, 0.2) is 29.4 Å². The molecule has 3 heterocycles. The molecule has 0 atom stereocenters. The molecule has 0 spiro atoms. The summed E-state index contributed by atoms with van der Waals surface area (Å²) in [6.45, 7) is 7.99. The van der Waals surface area contributed by atoms with Gasteiger partial charge in [-0.25, -0.2) is 22.8 Å². The Balaban J connectivity index is 1.44. The first kappa shape index (κ1) is 25.7. The average Bonchev–Trinajstić information content (AvgIpc) is 3.23. The molecule has 4 rings (SSSR count). The highest BCUT2D eigenvalue weighted by Crippen LogP contribution is 2.39. The van der Waals surface area contributed by atoms with Crippen molar-refractivity contribution in [2.75, 3.05) is 30.8 Å². The van der Waals surface area contributed by atoms with E-state index in [1.165, 1.54) is 30.2 Å². The minimum Gasteiger partial charge on any atom is -0.474 e. The molecule has 2 aromatic rings. The second-order valence-corrected chi connectivity index (χ2v) is 13.2. The van der Waals surface area contributed by atoms with E-state index in [1.807, 2.05) is 4.90 Å². The maximum absolute atomic E-state index is 14.8. The number of thioether (sulfide) groups is 1. The Morgan fingerprint density at radius 3 is 2.57 bits per heavy atom. The molecule has 0 bridgehead atoms. The molecule has 2 aliphatic heterocycles. The van der Waals surface area contributed by atoms with Gasteiger partial charge in [-0.05, 0) is 31.0 Å². The first-order valence-corrected chi connectivity index (χ1v) is 14.4. The Morgan fingerprint density at radius 2 is 1.94 bits per heavy atom. The van der Waals surface area contributed by atoms with Crippen LogP contribution in [0.4, 0.5) is 20.7 Å². The van der Waals surface area contributed by atoms with Gasteiger partial charge in [-0.15, -0.1) is 0 Å². The number of anilines is 2. The summed E-state index contributed by atoms with van der Waals surface area (Å²) in [6.07, 6.45) is 5.31. The predicted octanol–water partition coefficient (Wildman–Crippen LogP) is 4.60. The number of fused-ring (bicyclic) bond motifs is 1. The number of nitrogens with zero attached hydrogens (tertiary/aromatic N) is 4. The molecule has 35 heavy (non-hydrogen) atoms. The zero-order chi connectivity index (χ0) is 25.4. The number of piperidine rings is 1. The van der Waals surface area contributed by atoms with Gasteiger partial charge in [0.25, 0.3) is 5.24 Å². The maximum Gasteiger partial charge on any atom is 0.282 e. The van der Waals surface area contributed by atoms with Gasteiger partial charge in [0, 0.05) is 43.5 Å². The van der Waals surface area contributed by atoms with Gasteiger partial charge in [-0.3, -0.25) is 4.79 Å². The number of likely N-dealkylation sites (tertiary alicyclic amines) is 1. The van der Waals surface area contributed by atoms with Crippen LogP contribution in [-0.4, -0.2) is 65.3 Å². The van der Waals surface area contributed by atoms with Crippen LogP contribution >= 0.6 is 11.8 Å². The summed E-state index contributed by atoms with van der Waals surface area (Å²) in [5.74, 6) is 0.423. The molecule has 2 aliphatic rings. The Bertz CT molecular complexity index is 1210. The second-order valence-electron chi connectivity index (χ2n) is 9.55. The van der Waals surface area contributed by atoms with E-state index < -0.39 is 15.7 Å². The first-order chi connectivity index (χ1) is 16.5. The van der Waals surface area contributed by atoms with E-state index in [2.05, 4.69) is 30.7 Å². The summed E-state index contributed by atoms with van der Waals surface area (Å²) >= 11 is 1.39. The molecule has 1 fully saturated rings. The molecule has 0 radical (unpaired) electrons. The number of hydrogen-bond donors (Lipinski definition) is 0. The third-order valence-electron chi connectivity index (χ3n) is 6.56. The molecule has 0 unspecified atom stereocenters. The summed E-state index contributed by atoms with van der Waals surface area (Å²) in [4.78, 5) is 24.9.